The number of nitrogens with one attached hydrogen (secondary N) is 1. The molecule has 1 N–H and O–H groups in total. The molecule has 0 aliphatic rings. The molecule has 0 radical (unpaired) electrons. The van der Waals surface area contributed by atoms with Crippen LogP contribution in [0.3, 0.4) is 0 Å². The van der Waals surface area contributed by atoms with E-state index < -0.39 is 0 Å². The van der Waals surface area contributed by atoms with E-state index in [2.05, 4.69) is 9.97 Å². The third kappa shape index (κ3) is 3.53. The first-order valence-electron chi connectivity index (χ1n) is 8.59. The Balaban J connectivity index is 1.72. The molecule has 0 amide bonds. The molecule has 0 saturated carbocycles. The van der Waals surface area contributed by atoms with E-state index >= 15 is 0 Å². The summed E-state index contributed by atoms with van der Waals surface area (Å²) < 4.78 is 11.3. The maximum atomic E-state index is 12.4. The first-order valence-corrected chi connectivity index (χ1v) is 8.59. The molecule has 0 aliphatic heterocycles. The number of ether oxygens (including phenoxy) is 2. The molecule has 0 atom stereocenters. The molecule has 0 fully saturated rings. The average Bonchev–Trinajstić information content (AvgIpc) is 2.73. The summed E-state index contributed by atoms with van der Waals surface area (Å²) in [6.07, 6.45) is 0. The molecule has 27 heavy (non-hydrogen) atoms. The highest BCUT2D eigenvalue weighted by atomic mass is 16.5. The second kappa shape index (κ2) is 7.33. The Kier molecular flexibility index (Phi) is 4.58. The summed E-state index contributed by atoms with van der Waals surface area (Å²) in [4.78, 5) is 19.8. The molecular formula is C22H18N2O3. The highest BCUT2D eigenvalue weighted by molar-refractivity contribution is 5.80. The van der Waals surface area contributed by atoms with Crippen molar-refractivity contribution in [2.75, 3.05) is 7.11 Å². The van der Waals surface area contributed by atoms with Crippen LogP contribution in [0.15, 0.2) is 77.6 Å². The van der Waals surface area contributed by atoms with Crippen molar-refractivity contribution < 1.29 is 9.47 Å². The van der Waals surface area contributed by atoms with Gasteiger partial charge in [0.2, 0.25) is 0 Å². The van der Waals surface area contributed by atoms with E-state index in [4.69, 9.17) is 9.47 Å². The Morgan fingerprint density at radius 1 is 0.963 bits per heavy atom. The molecule has 134 valence electrons. The summed E-state index contributed by atoms with van der Waals surface area (Å²) in [5.74, 6) is 1.73. The number of aromatic nitrogens is 2. The van der Waals surface area contributed by atoms with E-state index in [0.29, 0.717) is 40.4 Å². The van der Waals surface area contributed by atoms with Gasteiger partial charge in [-0.2, -0.15) is 0 Å². The number of methoxy groups -OCH3 is 1. The zero-order valence-corrected chi connectivity index (χ0v) is 14.8. The molecule has 3 aromatic carbocycles. The van der Waals surface area contributed by atoms with Gasteiger partial charge in [0, 0.05) is 0 Å². The lowest BCUT2D eigenvalue weighted by Crippen LogP contribution is -2.09. The van der Waals surface area contributed by atoms with E-state index in [1.807, 2.05) is 66.7 Å². The smallest absolute Gasteiger partial charge is 0.259 e. The van der Waals surface area contributed by atoms with Gasteiger partial charge in [-0.25, -0.2) is 4.98 Å². The molecule has 0 unspecified atom stereocenters. The molecule has 4 rings (SSSR count). The molecular weight excluding hydrogens is 340 g/mol. The van der Waals surface area contributed by atoms with Gasteiger partial charge in [-0.05, 0) is 35.9 Å². The Morgan fingerprint density at radius 2 is 1.74 bits per heavy atom. The highest BCUT2D eigenvalue weighted by Crippen LogP contribution is 2.31. The number of aromatic amines is 1. The van der Waals surface area contributed by atoms with Crippen LogP contribution in [0.5, 0.6) is 11.5 Å². The van der Waals surface area contributed by atoms with Gasteiger partial charge in [0.1, 0.15) is 23.9 Å². The minimum Gasteiger partial charge on any atom is -0.496 e. The lowest BCUT2D eigenvalue weighted by atomic mass is 10.1. The topological polar surface area (TPSA) is 64.2 Å². The van der Waals surface area contributed by atoms with Gasteiger partial charge in [0.25, 0.3) is 5.56 Å². The zero-order valence-electron chi connectivity index (χ0n) is 14.8. The van der Waals surface area contributed by atoms with Crippen molar-refractivity contribution in [3.05, 3.63) is 88.7 Å². The molecule has 0 aliphatic carbocycles. The summed E-state index contributed by atoms with van der Waals surface area (Å²) in [6.45, 7) is 0.453. The van der Waals surface area contributed by atoms with Gasteiger partial charge >= 0.3 is 0 Å². The fraction of sp³-hybridized carbons (Fsp3) is 0.0909. The van der Waals surface area contributed by atoms with Gasteiger partial charge in [-0.3, -0.25) is 4.79 Å². The van der Waals surface area contributed by atoms with E-state index in [0.717, 1.165) is 5.56 Å². The van der Waals surface area contributed by atoms with Crippen LogP contribution in [0.2, 0.25) is 0 Å². The highest BCUT2D eigenvalue weighted by Gasteiger charge is 2.12. The van der Waals surface area contributed by atoms with Crippen molar-refractivity contribution in [2.45, 2.75) is 6.61 Å². The number of para-hydroxylation sites is 1. The van der Waals surface area contributed by atoms with Crippen LogP contribution >= 0.6 is 0 Å². The Morgan fingerprint density at radius 3 is 2.56 bits per heavy atom. The predicted octanol–water partition coefficient (Wildman–Crippen LogP) is 4.18. The standard InChI is InChI=1S/C22H18N2O3/c1-26-20-12-11-16(27-14-15-7-3-2-4-8-15)13-18(20)21-23-19-10-6-5-9-17(19)22(25)24-21/h2-13H,14H2,1H3,(H,23,24,25). The average molecular weight is 358 g/mol. The van der Waals surface area contributed by atoms with Gasteiger partial charge in [-0.15, -0.1) is 0 Å². The van der Waals surface area contributed by atoms with Gasteiger partial charge in [-0.1, -0.05) is 42.5 Å². The van der Waals surface area contributed by atoms with Crippen LogP contribution in [-0.2, 0) is 6.61 Å². The SMILES string of the molecule is COc1ccc(OCc2ccccc2)cc1-c1nc2ccccc2c(=O)[nH]1. The predicted molar refractivity (Wildman–Crippen MR) is 105 cm³/mol. The largest absolute Gasteiger partial charge is 0.496 e. The van der Waals surface area contributed by atoms with Crippen molar-refractivity contribution in [1.29, 1.82) is 0 Å². The Hall–Kier alpha value is -3.60. The van der Waals surface area contributed by atoms with E-state index in [1.54, 1.807) is 13.2 Å². The van der Waals surface area contributed by atoms with Crippen molar-refractivity contribution in [2.24, 2.45) is 0 Å². The van der Waals surface area contributed by atoms with Crippen LogP contribution in [-0.4, -0.2) is 17.1 Å². The number of nitrogens with zero attached hydrogens (tertiary/aromatic N) is 1. The van der Waals surface area contributed by atoms with Crippen LogP contribution in [0.4, 0.5) is 0 Å². The summed E-state index contributed by atoms with van der Waals surface area (Å²) in [5.41, 5.74) is 2.19. The fourth-order valence-electron chi connectivity index (χ4n) is 2.92. The van der Waals surface area contributed by atoms with Crippen molar-refractivity contribution in [3.8, 4) is 22.9 Å². The molecule has 5 nitrogen and oxygen atoms in total. The molecule has 4 aromatic rings. The monoisotopic (exact) mass is 358 g/mol. The van der Waals surface area contributed by atoms with Crippen LogP contribution < -0.4 is 15.0 Å². The molecule has 0 bridgehead atoms. The normalized spacial score (nSPS) is 10.7. The third-order valence-electron chi connectivity index (χ3n) is 4.29. The molecule has 0 saturated heterocycles. The fourth-order valence-corrected chi connectivity index (χ4v) is 2.92. The Labute approximate surface area is 156 Å². The van der Waals surface area contributed by atoms with E-state index in [9.17, 15) is 4.79 Å². The first kappa shape index (κ1) is 16.8. The third-order valence-corrected chi connectivity index (χ3v) is 4.29. The van der Waals surface area contributed by atoms with Gasteiger partial charge in [0.05, 0.1) is 23.6 Å². The quantitative estimate of drug-likeness (QED) is 0.581. The minimum absolute atomic E-state index is 0.187. The van der Waals surface area contributed by atoms with E-state index in [1.165, 1.54) is 0 Å². The lowest BCUT2D eigenvalue weighted by molar-refractivity contribution is 0.305. The second-order valence-electron chi connectivity index (χ2n) is 6.07. The minimum atomic E-state index is -0.187. The van der Waals surface area contributed by atoms with Crippen LogP contribution in [0, 0.1) is 0 Å². The van der Waals surface area contributed by atoms with Gasteiger partial charge < -0.3 is 14.5 Å². The number of hydrogen-bond acceptors (Lipinski definition) is 4. The summed E-state index contributed by atoms with van der Waals surface area (Å²) in [7, 11) is 1.59. The second-order valence-corrected chi connectivity index (χ2v) is 6.07. The molecule has 1 heterocycles. The Bertz CT molecular complexity index is 1140. The molecule has 5 heteroatoms. The number of fused-ring (bicyclic) bond motifs is 1. The number of hydrogen-bond donors (Lipinski definition) is 1. The van der Waals surface area contributed by atoms with Crippen molar-refractivity contribution in [3.63, 3.8) is 0 Å². The van der Waals surface area contributed by atoms with Crippen molar-refractivity contribution in [1.82, 2.24) is 9.97 Å². The molecule has 0 spiro atoms. The summed E-state index contributed by atoms with van der Waals surface area (Å²) >= 11 is 0. The van der Waals surface area contributed by atoms with Crippen LogP contribution in [0.25, 0.3) is 22.3 Å². The maximum absolute atomic E-state index is 12.4. The number of H-pyrrole nitrogens is 1. The zero-order chi connectivity index (χ0) is 18.6. The van der Waals surface area contributed by atoms with Crippen LogP contribution in [0.1, 0.15) is 5.56 Å². The summed E-state index contributed by atoms with van der Waals surface area (Å²) in [6, 6.07) is 22.6. The number of rotatable bonds is 5. The van der Waals surface area contributed by atoms with Gasteiger partial charge in [0.15, 0.2) is 0 Å². The maximum Gasteiger partial charge on any atom is 0.259 e. The molecule has 1 aromatic heterocycles. The number of benzene rings is 3. The van der Waals surface area contributed by atoms with Crippen molar-refractivity contribution >= 4 is 10.9 Å². The lowest BCUT2D eigenvalue weighted by Gasteiger charge is -2.12. The summed E-state index contributed by atoms with van der Waals surface area (Å²) in [5, 5.41) is 0.552. The van der Waals surface area contributed by atoms with E-state index in [-0.39, 0.29) is 5.56 Å². The first-order chi connectivity index (χ1) is 13.2.